The third-order valence-electron chi connectivity index (χ3n) is 4.37. The average Bonchev–Trinajstić information content (AvgIpc) is 2.46. The number of nitrogens with zero attached hydrogens (tertiary/aromatic N) is 3. The molecule has 0 amide bonds. The van der Waals surface area contributed by atoms with E-state index in [-0.39, 0.29) is 24.1 Å². The second-order valence-corrected chi connectivity index (χ2v) is 7.08. The van der Waals surface area contributed by atoms with Crippen LogP contribution in [-0.2, 0) is 11.2 Å². The molecule has 2 heterocycles. The lowest BCUT2D eigenvalue weighted by Crippen LogP contribution is -2.48. The van der Waals surface area contributed by atoms with E-state index in [1.807, 2.05) is 13.8 Å². The molecular formula is C17H26FN3O3. The van der Waals surface area contributed by atoms with Gasteiger partial charge in [-0.2, -0.15) is 5.10 Å². The highest BCUT2D eigenvalue weighted by Crippen LogP contribution is 2.18. The Labute approximate surface area is 141 Å². The van der Waals surface area contributed by atoms with Crippen molar-refractivity contribution in [2.45, 2.75) is 39.7 Å². The van der Waals surface area contributed by atoms with Gasteiger partial charge in [0, 0.05) is 37.5 Å². The van der Waals surface area contributed by atoms with Gasteiger partial charge in [0.1, 0.15) is 0 Å². The van der Waals surface area contributed by atoms with Crippen molar-refractivity contribution in [2.24, 2.45) is 11.8 Å². The summed E-state index contributed by atoms with van der Waals surface area (Å²) in [5.74, 6) is -0.762. The van der Waals surface area contributed by atoms with Crippen molar-refractivity contribution in [1.29, 1.82) is 0 Å². The molecule has 1 N–H and O–H groups in total. The summed E-state index contributed by atoms with van der Waals surface area (Å²) < 4.78 is 13.6. The van der Waals surface area contributed by atoms with E-state index in [4.69, 9.17) is 0 Å². The number of aryl methyl sites for hydroxylation is 1. The molecule has 6 nitrogen and oxygen atoms in total. The summed E-state index contributed by atoms with van der Waals surface area (Å²) in [7, 11) is 0. The highest BCUT2D eigenvalue weighted by molar-refractivity contribution is 5.71. The Balaban J connectivity index is 2.15. The minimum absolute atomic E-state index is 0.135. The molecule has 2 rings (SSSR count). The first-order valence-electron chi connectivity index (χ1n) is 8.42. The molecule has 0 aliphatic carbocycles. The van der Waals surface area contributed by atoms with E-state index in [0.717, 1.165) is 24.3 Å². The number of halogens is 1. The normalized spacial score (nSPS) is 17.0. The number of hydrogen-bond donors (Lipinski definition) is 1. The number of hydrogen-bond acceptors (Lipinski definition) is 4. The van der Waals surface area contributed by atoms with E-state index < -0.39 is 12.0 Å². The summed E-state index contributed by atoms with van der Waals surface area (Å²) in [5, 5.41) is 13.8. The van der Waals surface area contributed by atoms with Gasteiger partial charge in [0.15, 0.2) is 6.04 Å². The Kier molecular flexibility index (Phi) is 6.10. The van der Waals surface area contributed by atoms with Crippen LogP contribution < -0.4 is 5.56 Å². The van der Waals surface area contributed by atoms with Gasteiger partial charge in [0.25, 0.3) is 5.56 Å². The number of likely N-dealkylation sites (tertiary alicyclic amines) is 1. The molecule has 0 unspecified atom stereocenters. The molecule has 1 aromatic heterocycles. The zero-order valence-corrected chi connectivity index (χ0v) is 14.5. The summed E-state index contributed by atoms with van der Waals surface area (Å²) in [6, 6.07) is 0.774. The van der Waals surface area contributed by atoms with Crippen LogP contribution in [0.1, 0.15) is 37.6 Å². The van der Waals surface area contributed by atoms with Gasteiger partial charge in [0.2, 0.25) is 0 Å². The van der Waals surface area contributed by atoms with Crippen molar-refractivity contribution >= 4 is 5.97 Å². The first-order chi connectivity index (χ1) is 11.3. The molecule has 1 atom stereocenters. The van der Waals surface area contributed by atoms with Gasteiger partial charge in [-0.3, -0.25) is 9.18 Å². The van der Waals surface area contributed by atoms with Crippen LogP contribution in [0.2, 0.25) is 0 Å². The third-order valence-corrected chi connectivity index (χ3v) is 4.37. The fourth-order valence-electron chi connectivity index (χ4n) is 3.02. The van der Waals surface area contributed by atoms with Gasteiger partial charge in [0.05, 0.1) is 12.4 Å². The topological polar surface area (TPSA) is 75.4 Å². The molecule has 134 valence electrons. The van der Waals surface area contributed by atoms with E-state index in [1.54, 1.807) is 13.0 Å². The van der Waals surface area contributed by atoms with Gasteiger partial charge in [-0.05, 0) is 25.3 Å². The van der Waals surface area contributed by atoms with Crippen LogP contribution in [0.25, 0.3) is 0 Å². The molecule has 24 heavy (non-hydrogen) atoms. The first-order valence-corrected chi connectivity index (χ1v) is 8.42. The third kappa shape index (κ3) is 4.41. The van der Waals surface area contributed by atoms with E-state index in [0.29, 0.717) is 24.1 Å². The first kappa shape index (κ1) is 18.6. The summed E-state index contributed by atoms with van der Waals surface area (Å²) >= 11 is 0. The lowest BCUT2D eigenvalue weighted by Gasteiger charge is -2.37. The molecule has 0 aromatic carbocycles. The zero-order chi connectivity index (χ0) is 17.9. The molecule has 1 aliphatic rings. The van der Waals surface area contributed by atoms with Crippen molar-refractivity contribution in [1.82, 2.24) is 14.7 Å². The van der Waals surface area contributed by atoms with Crippen LogP contribution in [0.5, 0.6) is 0 Å². The van der Waals surface area contributed by atoms with Crippen LogP contribution >= 0.6 is 0 Å². The monoisotopic (exact) mass is 339 g/mol. The molecule has 0 bridgehead atoms. The fourth-order valence-corrected chi connectivity index (χ4v) is 3.02. The Morgan fingerprint density at radius 1 is 1.46 bits per heavy atom. The number of carboxylic acids is 1. The van der Waals surface area contributed by atoms with Crippen molar-refractivity contribution in [2.75, 3.05) is 26.3 Å². The van der Waals surface area contributed by atoms with E-state index in [9.17, 15) is 19.1 Å². The second-order valence-electron chi connectivity index (χ2n) is 7.08. The smallest absolute Gasteiger partial charge is 0.328 e. The molecule has 7 heteroatoms. The Bertz CT molecular complexity index is 638. The quantitative estimate of drug-likeness (QED) is 0.780. The minimum Gasteiger partial charge on any atom is -0.480 e. The Morgan fingerprint density at radius 2 is 2.12 bits per heavy atom. The molecule has 0 radical (unpaired) electrons. The number of rotatable bonds is 8. The van der Waals surface area contributed by atoms with Crippen LogP contribution in [0.4, 0.5) is 4.39 Å². The van der Waals surface area contributed by atoms with Gasteiger partial charge in [-0.25, -0.2) is 9.48 Å². The predicted molar refractivity (Wildman–Crippen MR) is 89.0 cm³/mol. The van der Waals surface area contributed by atoms with Crippen molar-refractivity contribution in [3.63, 3.8) is 0 Å². The average molecular weight is 339 g/mol. The molecule has 1 aliphatic heterocycles. The van der Waals surface area contributed by atoms with Crippen LogP contribution in [0.15, 0.2) is 10.9 Å². The van der Waals surface area contributed by atoms with Crippen LogP contribution in [0.3, 0.4) is 0 Å². The van der Waals surface area contributed by atoms with E-state index in [1.165, 1.54) is 0 Å². The number of alkyl halides is 1. The van der Waals surface area contributed by atoms with Crippen LogP contribution in [0, 0.1) is 18.8 Å². The van der Waals surface area contributed by atoms with E-state index in [2.05, 4.69) is 10.00 Å². The fraction of sp³-hybridized carbons (Fsp3) is 0.706. The largest absolute Gasteiger partial charge is 0.480 e. The minimum atomic E-state index is -1.04. The maximum absolute atomic E-state index is 12.5. The van der Waals surface area contributed by atoms with Gasteiger partial charge < -0.3 is 10.0 Å². The highest BCUT2D eigenvalue weighted by atomic mass is 19.1. The maximum atomic E-state index is 12.5. The number of carbonyl (C=O) groups is 1. The number of carboxylic acid groups (broad SMARTS) is 1. The molecule has 1 fully saturated rings. The Hall–Kier alpha value is -1.76. The molecule has 0 saturated carbocycles. The lowest BCUT2D eigenvalue weighted by molar-refractivity contribution is -0.141. The summed E-state index contributed by atoms with van der Waals surface area (Å²) in [6.07, 6.45) is 0.976. The second kappa shape index (κ2) is 7.88. The van der Waals surface area contributed by atoms with Gasteiger partial charge in [-0.15, -0.1) is 0 Å². The lowest BCUT2D eigenvalue weighted by atomic mass is 10.0. The van der Waals surface area contributed by atoms with Crippen molar-refractivity contribution < 1.29 is 14.3 Å². The molecular weight excluding hydrogens is 313 g/mol. The van der Waals surface area contributed by atoms with Gasteiger partial charge in [-0.1, -0.05) is 13.8 Å². The Morgan fingerprint density at radius 3 is 2.67 bits per heavy atom. The molecule has 0 spiro atoms. The van der Waals surface area contributed by atoms with Crippen LogP contribution in [-0.4, -0.2) is 52.1 Å². The molecule has 1 saturated heterocycles. The van der Waals surface area contributed by atoms with E-state index >= 15 is 0 Å². The predicted octanol–water partition coefficient (Wildman–Crippen LogP) is 1.67. The number of aliphatic carboxylic acids is 1. The summed E-state index contributed by atoms with van der Waals surface area (Å²) in [5.41, 5.74) is 0.847. The highest BCUT2D eigenvalue weighted by Gasteiger charge is 2.27. The number of aromatic nitrogens is 2. The summed E-state index contributed by atoms with van der Waals surface area (Å²) in [6.45, 7) is 7.48. The zero-order valence-electron chi connectivity index (χ0n) is 14.5. The summed E-state index contributed by atoms with van der Waals surface area (Å²) in [4.78, 5) is 26.0. The molecule has 1 aromatic rings. The van der Waals surface area contributed by atoms with Crippen molar-refractivity contribution in [3.8, 4) is 0 Å². The maximum Gasteiger partial charge on any atom is 0.328 e. The standard InChI is InChI=1S/C17H26FN3O3/c1-11(2)6-15(17(23)24)21-16(22)12(3)7-14(19-21)4-5-20-9-13(8-18)10-20/h7,11,13,15H,4-6,8-10H2,1-3H3,(H,23,24)/t15-/m0/s1. The van der Waals surface area contributed by atoms with Crippen molar-refractivity contribution in [3.05, 3.63) is 27.7 Å². The van der Waals surface area contributed by atoms with Gasteiger partial charge >= 0.3 is 5.97 Å². The SMILES string of the molecule is Cc1cc(CCN2CC(CF)C2)nn([C@@H](CC(C)C)C(=O)O)c1=O.